The molecule has 0 radical (unpaired) electrons. The summed E-state index contributed by atoms with van der Waals surface area (Å²) in [6.45, 7) is 0. The lowest BCUT2D eigenvalue weighted by atomic mass is 10.2. The van der Waals surface area contributed by atoms with Crippen LogP contribution in [-0.4, -0.2) is 16.6 Å². The zero-order valence-electron chi connectivity index (χ0n) is 11.7. The van der Waals surface area contributed by atoms with Crippen molar-refractivity contribution in [2.75, 3.05) is 11.1 Å². The van der Waals surface area contributed by atoms with E-state index < -0.39 is 5.91 Å². The number of amides is 1. The van der Waals surface area contributed by atoms with Gasteiger partial charge in [-0.2, -0.15) is 5.26 Å². The highest BCUT2D eigenvalue weighted by molar-refractivity contribution is 8.04. The van der Waals surface area contributed by atoms with Crippen molar-refractivity contribution in [3.8, 4) is 6.07 Å². The minimum atomic E-state index is -0.448. The fourth-order valence-electron chi connectivity index (χ4n) is 1.70. The van der Waals surface area contributed by atoms with E-state index in [0.29, 0.717) is 16.3 Å². The normalized spacial score (nSPS) is 11.2. The molecule has 1 aromatic carbocycles. The predicted octanol–water partition coefficient (Wildman–Crippen LogP) is 2.60. The number of nitrogens with two attached hydrogens (primary N) is 1. The molecule has 2 rings (SSSR count). The number of hydrogen-bond acceptors (Lipinski definition) is 5. The van der Waals surface area contributed by atoms with Gasteiger partial charge in [0.25, 0.3) is 0 Å². The van der Waals surface area contributed by atoms with Crippen LogP contribution in [0, 0.1) is 11.3 Å². The number of carbonyl (C=O) groups excluding carboxylic acids is 1. The summed E-state index contributed by atoms with van der Waals surface area (Å²) < 4.78 is 0. The summed E-state index contributed by atoms with van der Waals surface area (Å²) in [5.74, 6) is -0.372. The maximum absolute atomic E-state index is 11.1. The Balaban J connectivity index is 2.39. The van der Waals surface area contributed by atoms with Crippen molar-refractivity contribution >= 4 is 28.9 Å². The molecule has 1 aromatic heterocycles. The number of para-hydroxylation sites is 1. The molecule has 0 unspecified atom stereocenters. The Morgan fingerprint density at radius 1 is 1.23 bits per heavy atom. The maximum Gasteiger partial charge on any atom is 0.227 e. The van der Waals surface area contributed by atoms with Crippen LogP contribution in [0.25, 0.3) is 5.57 Å². The Labute approximate surface area is 132 Å². The molecule has 0 atom stereocenters. The zero-order chi connectivity index (χ0) is 15.8. The van der Waals surface area contributed by atoms with Crippen LogP contribution in [0.4, 0.5) is 5.69 Å². The molecule has 5 nitrogen and oxygen atoms in total. The van der Waals surface area contributed by atoms with Crippen LogP contribution in [0.1, 0.15) is 5.69 Å². The first-order valence-corrected chi connectivity index (χ1v) is 7.48. The minimum Gasteiger partial charge on any atom is -0.369 e. The van der Waals surface area contributed by atoms with E-state index in [1.54, 1.807) is 24.4 Å². The summed E-state index contributed by atoms with van der Waals surface area (Å²) >= 11 is 1.18. The lowest BCUT2D eigenvalue weighted by molar-refractivity contribution is -0.115. The number of anilines is 1. The van der Waals surface area contributed by atoms with Crippen LogP contribution >= 0.6 is 11.8 Å². The number of nitrogens with zero attached hydrogens (tertiary/aromatic N) is 2. The van der Waals surface area contributed by atoms with Gasteiger partial charge in [-0.05, 0) is 24.3 Å². The SMILES string of the molecule is N#CC(=C(Nc1ccccc1)SCC(N)=O)c1ccccn1. The quantitative estimate of drug-likeness (QED) is 0.800. The van der Waals surface area contributed by atoms with E-state index >= 15 is 0 Å². The lowest BCUT2D eigenvalue weighted by Gasteiger charge is -2.12. The third-order valence-corrected chi connectivity index (χ3v) is 3.67. The van der Waals surface area contributed by atoms with Crippen LogP contribution in [0.3, 0.4) is 0 Å². The van der Waals surface area contributed by atoms with Gasteiger partial charge in [0.1, 0.15) is 11.6 Å². The van der Waals surface area contributed by atoms with Crippen molar-refractivity contribution in [1.29, 1.82) is 5.26 Å². The van der Waals surface area contributed by atoms with Crippen molar-refractivity contribution in [3.05, 3.63) is 65.5 Å². The summed E-state index contributed by atoms with van der Waals surface area (Å²) in [6, 6.07) is 16.9. The third-order valence-electron chi connectivity index (χ3n) is 2.65. The van der Waals surface area contributed by atoms with Gasteiger partial charge in [-0.1, -0.05) is 36.0 Å². The lowest BCUT2D eigenvalue weighted by Crippen LogP contribution is -2.14. The molecule has 2 aromatic rings. The molecule has 1 heterocycles. The topological polar surface area (TPSA) is 91.8 Å². The molecular weight excluding hydrogens is 296 g/mol. The molecule has 0 saturated heterocycles. The average Bonchev–Trinajstić information content (AvgIpc) is 2.55. The number of thioether (sulfide) groups is 1. The van der Waals surface area contributed by atoms with Gasteiger partial charge < -0.3 is 11.1 Å². The fraction of sp³-hybridized carbons (Fsp3) is 0.0625. The Bertz CT molecular complexity index is 708. The van der Waals surface area contributed by atoms with E-state index in [1.165, 1.54) is 11.8 Å². The largest absolute Gasteiger partial charge is 0.369 e. The van der Waals surface area contributed by atoms with Crippen LogP contribution in [0.2, 0.25) is 0 Å². The number of allylic oxidation sites excluding steroid dienone is 1. The van der Waals surface area contributed by atoms with Crippen molar-refractivity contribution in [2.45, 2.75) is 0 Å². The van der Waals surface area contributed by atoms with Crippen LogP contribution < -0.4 is 11.1 Å². The number of nitrogens with one attached hydrogen (secondary N) is 1. The van der Waals surface area contributed by atoms with E-state index in [1.807, 2.05) is 30.3 Å². The molecule has 110 valence electrons. The fourth-order valence-corrected chi connectivity index (χ4v) is 2.47. The first kappa shape index (κ1) is 15.6. The van der Waals surface area contributed by atoms with E-state index in [4.69, 9.17) is 5.73 Å². The molecule has 1 amide bonds. The van der Waals surface area contributed by atoms with Gasteiger partial charge in [0.2, 0.25) is 5.91 Å². The Kier molecular flexibility index (Phi) is 5.57. The van der Waals surface area contributed by atoms with E-state index in [0.717, 1.165) is 5.69 Å². The molecule has 0 aliphatic carbocycles. The Morgan fingerprint density at radius 3 is 2.55 bits per heavy atom. The number of aromatic nitrogens is 1. The Morgan fingerprint density at radius 2 is 1.95 bits per heavy atom. The van der Waals surface area contributed by atoms with Gasteiger partial charge in [-0.15, -0.1) is 0 Å². The highest BCUT2D eigenvalue weighted by Crippen LogP contribution is 2.27. The predicted molar refractivity (Wildman–Crippen MR) is 88.5 cm³/mol. The summed E-state index contributed by atoms with van der Waals surface area (Å²) in [5.41, 5.74) is 6.94. The van der Waals surface area contributed by atoms with Crippen molar-refractivity contribution in [2.24, 2.45) is 5.73 Å². The summed E-state index contributed by atoms with van der Waals surface area (Å²) in [7, 11) is 0. The first-order valence-electron chi connectivity index (χ1n) is 6.49. The van der Waals surface area contributed by atoms with Crippen LogP contribution in [0.5, 0.6) is 0 Å². The second-order valence-electron chi connectivity index (χ2n) is 4.28. The number of carbonyl (C=O) groups is 1. The second kappa shape index (κ2) is 7.86. The number of nitriles is 1. The van der Waals surface area contributed by atoms with Gasteiger partial charge in [0, 0.05) is 11.9 Å². The molecule has 0 spiro atoms. The zero-order valence-corrected chi connectivity index (χ0v) is 12.5. The van der Waals surface area contributed by atoms with Crippen LogP contribution in [-0.2, 0) is 4.79 Å². The Hall–Kier alpha value is -2.78. The van der Waals surface area contributed by atoms with Crippen molar-refractivity contribution < 1.29 is 4.79 Å². The number of pyridine rings is 1. The number of benzene rings is 1. The highest BCUT2D eigenvalue weighted by atomic mass is 32.2. The molecular formula is C16H14N4OS. The molecule has 6 heteroatoms. The van der Waals surface area contributed by atoms with Crippen molar-refractivity contribution in [3.63, 3.8) is 0 Å². The number of rotatable bonds is 6. The second-order valence-corrected chi connectivity index (χ2v) is 5.26. The van der Waals surface area contributed by atoms with Crippen molar-refractivity contribution in [1.82, 2.24) is 4.98 Å². The first-order chi connectivity index (χ1) is 10.7. The van der Waals surface area contributed by atoms with E-state index in [-0.39, 0.29) is 5.75 Å². The van der Waals surface area contributed by atoms with Crippen LogP contribution in [0.15, 0.2) is 59.8 Å². The highest BCUT2D eigenvalue weighted by Gasteiger charge is 2.12. The molecule has 0 bridgehead atoms. The minimum absolute atomic E-state index is 0.0766. The van der Waals surface area contributed by atoms with Gasteiger partial charge in [-0.3, -0.25) is 9.78 Å². The van der Waals surface area contributed by atoms with Gasteiger partial charge in [0.05, 0.1) is 16.5 Å². The molecule has 3 N–H and O–H groups in total. The van der Waals surface area contributed by atoms with Gasteiger partial charge in [0.15, 0.2) is 0 Å². The van der Waals surface area contributed by atoms with Gasteiger partial charge >= 0.3 is 0 Å². The third kappa shape index (κ3) is 4.36. The monoisotopic (exact) mass is 310 g/mol. The molecule has 0 saturated carbocycles. The smallest absolute Gasteiger partial charge is 0.227 e. The standard InChI is InChI=1S/C16H14N4OS/c17-10-13(14-8-4-5-9-19-14)16(22-11-15(18)21)20-12-6-2-1-3-7-12/h1-9,20H,11H2,(H2,18,21). The molecule has 0 aliphatic heterocycles. The average molecular weight is 310 g/mol. The summed E-state index contributed by atoms with van der Waals surface area (Å²) in [6.07, 6.45) is 1.62. The molecule has 22 heavy (non-hydrogen) atoms. The van der Waals surface area contributed by atoms with Gasteiger partial charge in [-0.25, -0.2) is 0 Å². The van der Waals surface area contributed by atoms with E-state index in [2.05, 4.69) is 16.4 Å². The van der Waals surface area contributed by atoms with E-state index in [9.17, 15) is 10.1 Å². The maximum atomic E-state index is 11.1. The molecule has 0 aliphatic rings. The summed E-state index contributed by atoms with van der Waals surface area (Å²) in [5, 5.41) is 13.2. The number of primary amides is 1. The molecule has 0 fully saturated rings. The number of hydrogen-bond donors (Lipinski definition) is 2. The summed E-state index contributed by atoms with van der Waals surface area (Å²) in [4.78, 5) is 15.2.